The fourth-order valence-corrected chi connectivity index (χ4v) is 3.58. The molecule has 0 aromatic heterocycles. The highest BCUT2D eigenvalue weighted by Crippen LogP contribution is 2.27. The first-order valence-electron chi connectivity index (χ1n) is 7.49. The second kappa shape index (κ2) is 7.68. The Balaban J connectivity index is 2.30. The standard InChI is InChI=1S/C17H19ClN2O3S/c1-3-11-19-17(21)15-10-9-13(12-16(15)18)20(2)24(22,23)14-7-5-4-6-8-14/h4-10,12H,3,11H2,1-2H3,(H,19,21). The lowest BCUT2D eigenvalue weighted by atomic mass is 10.2. The molecule has 0 atom stereocenters. The first-order valence-corrected chi connectivity index (χ1v) is 9.31. The van der Waals surface area contributed by atoms with Crippen molar-refractivity contribution in [3.8, 4) is 0 Å². The minimum absolute atomic E-state index is 0.188. The van der Waals surface area contributed by atoms with E-state index >= 15 is 0 Å². The van der Waals surface area contributed by atoms with E-state index in [-0.39, 0.29) is 15.8 Å². The van der Waals surface area contributed by atoms with E-state index < -0.39 is 10.0 Å². The highest BCUT2D eigenvalue weighted by molar-refractivity contribution is 7.92. The summed E-state index contributed by atoms with van der Waals surface area (Å²) in [4.78, 5) is 12.2. The van der Waals surface area contributed by atoms with Gasteiger partial charge in [-0.25, -0.2) is 8.42 Å². The second-order valence-electron chi connectivity index (χ2n) is 5.21. The molecule has 128 valence electrons. The zero-order valence-electron chi connectivity index (χ0n) is 13.5. The quantitative estimate of drug-likeness (QED) is 0.852. The van der Waals surface area contributed by atoms with Gasteiger partial charge in [0.2, 0.25) is 0 Å². The number of rotatable bonds is 6. The Morgan fingerprint density at radius 1 is 1.17 bits per heavy atom. The molecule has 0 aliphatic carbocycles. The molecule has 0 unspecified atom stereocenters. The summed E-state index contributed by atoms with van der Waals surface area (Å²) in [6.45, 7) is 2.51. The van der Waals surface area contributed by atoms with Crippen LogP contribution in [0.1, 0.15) is 23.7 Å². The third-order valence-corrected chi connectivity index (χ3v) is 5.61. The average Bonchev–Trinajstić information content (AvgIpc) is 2.59. The van der Waals surface area contributed by atoms with Crippen LogP contribution in [0.25, 0.3) is 0 Å². The molecule has 2 aromatic rings. The van der Waals surface area contributed by atoms with Crippen LogP contribution in [-0.2, 0) is 10.0 Å². The lowest BCUT2D eigenvalue weighted by Gasteiger charge is -2.20. The maximum Gasteiger partial charge on any atom is 0.264 e. The van der Waals surface area contributed by atoms with E-state index in [0.29, 0.717) is 17.8 Å². The Hall–Kier alpha value is -2.05. The summed E-state index contributed by atoms with van der Waals surface area (Å²) >= 11 is 6.16. The molecule has 0 aliphatic heterocycles. The van der Waals surface area contributed by atoms with E-state index in [0.717, 1.165) is 10.7 Å². The topological polar surface area (TPSA) is 66.5 Å². The summed E-state index contributed by atoms with van der Waals surface area (Å²) in [7, 11) is -2.23. The highest BCUT2D eigenvalue weighted by Gasteiger charge is 2.22. The molecule has 0 saturated carbocycles. The normalized spacial score (nSPS) is 11.1. The molecule has 2 aromatic carbocycles. The van der Waals surface area contributed by atoms with Crippen molar-refractivity contribution < 1.29 is 13.2 Å². The van der Waals surface area contributed by atoms with E-state index in [1.165, 1.54) is 31.3 Å². The SMILES string of the molecule is CCCNC(=O)c1ccc(N(C)S(=O)(=O)c2ccccc2)cc1Cl. The number of anilines is 1. The van der Waals surface area contributed by atoms with E-state index in [4.69, 9.17) is 11.6 Å². The van der Waals surface area contributed by atoms with Crippen LogP contribution in [0.5, 0.6) is 0 Å². The third-order valence-electron chi connectivity index (χ3n) is 3.50. The molecule has 0 radical (unpaired) electrons. The number of sulfonamides is 1. The van der Waals surface area contributed by atoms with E-state index in [9.17, 15) is 13.2 Å². The predicted molar refractivity (Wildman–Crippen MR) is 96.1 cm³/mol. The Morgan fingerprint density at radius 3 is 2.42 bits per heavy atom. The molecule has 2 rings (SSSR count). The predicted octanol–water partition coefficient (Wildman–Crippen LogP) is 3.30. The first kappa shape index (κ1) is 18.3. The molecule has 24 heavy (non-hydrogen) atoms. The minimum atomic E-state index is -3.68. The van der Waals surface area contributed by atoms with Crippen molar-refractivity contribution in [2.45, 2.75) is 18.2 Å². The lowest BCUT2D eigenvalue weighted by molar-refractivity contribution is 0.0954. The summed E-state index contributed by atoms with van der Waals surface area (Å²) in [5.41, 5.74) is 0.704. The van der Waals surface area contributed by atoms with Gasteiger partial charge < -0.3 is 5.32 Å². The molecule has 0 saturated heterocycles. The first-order chi connectivity index (χ1) is 11.4. The number of carbonyl (C=O) groups excluding carboxylic acids is 1. The molecule has 1 amide bonds. The molecular formula is C17H19ClN2O3S. The van der Waals surface area contributed by atoms with Gasteiger partial charge in [0.05, 0.1) is 21.2 Å². The van der Waals surface area contributed by atoms with Gasteiger partial charge in [-0.1, -0.05) is 36.7 Å². The number of nitrogens with one attached hydrogen (secondary N) is 1. The zero-order valence-corrected chi connectivity index (χ0v) is 15.1. The fraction of sp³-hybridized carbons (Fsp3) is 0.235. The Labute approximate surface area is 147 Å². The van der Waals surface area contributed by atoms with Crippen LogP contribution in [0.2, 0.25) is 5.02 Å². The van der Waals surface area contributed by atoms with Gasteiger partial charge in [-0.05, 0) is 36.8 Å². The van der Waals surface area contributed by atoms with Gasteiger partial charge >= 0.3 is 0 Å². The number of halogens is 1. The number of hydrogen-bond donors (Lipinski definition) is 1. The summed E-state index contributed by atoms with van der Waals surface area (Å²) in [6.07, 6.45) is 0.819. The maximum atomic E-state index is 12.6. The summed E-state index contributed by atoms with van der Waals surface area (Å²) in [5, 5.41) is 2.94. The Morgan fingerprint density at radius 2 is 1.83 bits per heavy atom. The van der Waals surface area contributed by atoms with Crippen molar-refractivity contribution in [2.24, 2.45) is 0 Å². The molecule has 0 spiro atoms. The van der Waals surface area contributed by atoms with Crippen molar-refractivity contribution in [1.29, 1.82) is 0 Å². The smallest absolute Gasteiger partial charge is 0.264 e. The van der Waals surface area contributed by atoms with Gasteiger partial charge in [-0.3, -0.25) is 9.10 Å². The summed E-state index contributed by atoms with van der Waals surface area (Å²) < 4.78 is 26.4. The summed E-state index contributed by atoms with van der Waals surface area (Å²) in [6, 6.07) is 12.7. The van der Waals surface area contributed by atoms with E-state index in [2.05, 4.69) is 5.32 Å². The van der Waals surface area contributed by atoms with Crippen LogP contribution < -0.4 is 9.62 Å². The van der Waals surface area contributed by atoms with Crippen LogP contribution in [0, 0.1) is 0 Å². The molecule has 1 N–H and O–H groups in total. The molecule has 5 nitrogen and oxygen atoms in total. The van der Waals surface area contributed by atoms with Crippen molar-refractivity contribution >= 4 is 33.2 Å². The van der Waals surface area contributed by atoms with Gasteiger partial charge in [0.1, 0.15) is 0 Å². The third kappa shape index (κ3) is 3.88. The van der Waals surface area contributed by atoms with Crippen molar-refractivity contribution in [3.63, 3.8) is 0 Å². The monoisotopic (exact) mass is 366 g/mol. The van der Waals surface area contributed by atoms with Crippen molar-refractivity contribution in [1.82, 2.24) is 5.32 Å². The number of benzene rings is 2. The number of carbonyl (C=O) groups is 1. The Bertz CT molecular complexity index is 823. The van der Waals surface area contributed by atoms with Crippen LogP contribution in [0.3, 0.4) is 0 Å². The van der Waals surface area contributed by atoms with Crippen molar-refractivity contribution in [2.75, 3.05) is 17.9 Å². The molecular weight excluding hydrogens is 348 g/mol. The molecule has 0 bridgehead atoms. The van der Waals surface area contributed by atoms with Gasteiger partial charge in [-0.15, -0.1) is 0 Å². The van der Waals surface area contributed by atoms with Crippen molar-refractivity contribution in [3.05, 3.63) is 59.1 Å². The van der Waals surface area contributed by atoms with Crippen LogP contribution in [0.15, 0.2) is 53.4 Å². The second-order valence-corrected chi connectivity index (χ2v) is 7.58. The molecule has 7 heteroatoms. The van der Waals surface area contributed by atoms with Gasteiger partial charge in [0.15, 0.2) is 0 Å². The molecule has 0 aliphatic rings. The van der Waals surface area contributed by atoms with E-state index in [1.54, 1.807) is 24.3 Å². The largest absolute Gasteiger partial charge is 0.352 e. The fourth-order valence-electron chi connectivity index (χ4n) is 2.11. The highest BCUT2D eigenvalue weighted by atomic mass is 35.5. The lowest BCUT2D eigenvalue weighted by Crippen LogP contribution is -2.27. The van der Waals surface area contributed by atoms with Crippen LogP contribution in [0.4, 0.5) is 5.69 Å². The number of hydrogen-bond acceptors (Lipinski definition) is 3. The van der Waals surface area contributed by atoms with Gasteiger partial charge in [0.25, 0.3) is 15.9 Å². The molecule has 0 heterocycles. The zero-order chi connectivity index (χ0) is 17.7. The van der Waals surface area contributed by atoms with Gasteiger partial charge in [-0.2, -0.15) is 0 Å². The summed E-state index contributed by atoms with van der Waals surface area (Å²) in [5.74, 6) is -0.276. The Kier molecular flexibility index (Phi) is 5.85. The maximum absolute atomic E-state index is 12.6. The van der Waals surface area contributed by atoms with Crippen LogP contribution in [-0.4, -0.2) is 27.9 Å². The molecule has 0 fully saturated rings. The van der Waals surface area contributed by atoms with E-state index in [1.807, 2.05) is 6.92 Å². The number of nitrogens with zero attached hydrogens (tertiary/aromatic N) is 1. The van der Waals surface area contributed by atoms with Gasteiger partial charge in [0, 0.05) is 13.6 Å². The van der Waals surface area contributed by atoms with Crippen LogP contribution >= 0.6 is 11.6 Å². The minimum Gasteiger partial charge on any atom is -0.352 e. The average molecular weight is 367 g/mol. The number of amides is 1.